The highest BCUT2D eigenvalue weighted by Crippen LogP contribution is 2.04. The lowest BCUT2D eigenvalue weighted by molar-refractivity contribution is -0.141. The van der Waals surface area contributed by atoms with Gasteiger partial charge in [0.15, 0.2) is 0 Å². The molecule has 88 valence electrons. The number of esters is 1. The molecule has 1 aromatic rings. The van der Waals surface area contributed by atoms with Crippen LogP contribution in [0.1, 0.15) is 24.8 Å². The van der Waals surface area contributed by atoms with E-state index in [1.54, 1.807) is 10.9 Å². The number of ketones is 1. The number of aromatic nitrogens is 2. The van der Waals surface area contributed by atoms with Crippen LogP contribution in [0.25, 0.3) is 0 Å². The second-order valence-electron chi connectivity index (χ2n) is 3.64. The molecule has 0 spiro atoms. The van der Waals surface area contributed by atoms with Crippen LogP contribution >= 0.6 is 0 Å². The van der Waals surface area contributed by atoms with E-state index in [2.05, 4.69) is 9.84 Å². The van der Waals surface area contributed by atoms with Crippen LogP contribution in [-0.2, 0) is 27.8 Å². The highest BCUT2D eigenvalue weighted by molar-refractivity contribution is 5.82. The van der Waals surface area contributed by atoms with Crippen LogP contribution in [0.2, 0.25) is 0 Å². The van der Waals surface area contributed by atoms with Crippen LogP contribution < -0.4 is 0 Å². The molecule has 1 aromatic heterocycles. The van der Waals surface area contributed by atoms with Gasteiger partial charge in [-0.3, -0.25) is 14.3 Å². The lowest BCUT2D eigenvalue weighted by atomic mass is 10.1. The number of carbonyl (C=O) groups excluding carboxylic acids is 2. The fraction of sp³-hybridized carbons (Fsp3) is 0.545. The first-order valence-corrected chi connectivity index (χ1v) is 5.18. The van der Waals surface area contributed by atoms with E-state index in [0.29, 0.717) is 12.8 Å². The number of methoxy groups -OCH3 is 1. The van der Waals surface area contributed by atoms with Crippen LogP contribution in [0.3, 0.4) is 0 Å². The molecule has 5 heteroatoms. The summed E-state index contributed by atoms with van der Waals surface area (Å²) in [6, 6.07) is 0. The quantitative estimate of drug-likeness (QED) is 0.673. The Bertz CT molecular complexity index is 371. The van der Waals surface area contributed by atoms with E-state index in [4.69, 9.17) is 0 Å². The van der Waals surface area contributed by atoms with Crippen molar-refractivity contribution in [2.75, 3.05) is 7.11 Å². The van der Waals surface area contributed by atoms with Gasteiger partial charge in [0.2, 0.25) is 0 Å². The number of hydrogen-bond acceptors (Lipinski definition) is 4. The zero-order valence-electron chi connectivity index (χ0n) is 9.60. The minimum atomic E-state index is -0.338. The first kappa shape index (κ1) is 12.4. The molecular formula is C11H16N2O3. The number of ether oxygens (including phenoxy) is 1. The molecule has 0 aliphatic rings. The molecule has 0 aliphatic carbocycles. The van der Waals surface area contributed by atoms with Gasteiger partial charge in [0, 0.05) is 26.1 Å². The van der Waals surface area contributed by atoms with Crippen molar-refractivity contribution in [3.8, 4) is 0 Å². The smallest absolute Gasteiger partial charge is 0.305 e. The highest BCUT2D eigenvalue weighted by Gasteiger charge is 2.07. The predicted molar refractivity (Wildman–Crippen MR) is 57.8 cm³/mol. The molecule has 0 N–H and O–H groups in total. The van der Waals surface area contributed by atoms with Gasteiger partial charge in [-0.2, -0.15) is 5.10 Å². The molecule has 0 saturated carbocycles. The lowest BCUT2D eigenvalue weighted by Crippen LogP contribution is -2.06. The minimum absolute atomic E-state index is 0.0780. The Morgan fingerprint density at radius 2 is 2.12 bits per heavy atom. The standard InChI is InChI=1S/C11H16N2O3/c1-13-8-9(7-12-13)3-4-10(14)5-6-11(15)16-2/h7-8H,3-6H2,1-2H3. The average Bonchev–Trinajstić information content (AvgIpc) is 2.69. The lowest BCUT2D eigenvalue weighted by Gasteiger charge is -1.99. The van der Waals surface area contributed by atoms with Crippen molar-refractivity contribution in [2.24, 2.45) is 7.05 Å². The molecule has 0 bridgehead atoms. The summed E-state index contributed by atoms with van der Waals surface area (Å²) in [6.45, 7) is 0. The second kappa shape index (κ2) is 6.05. The van der Waals surface area contributed by atoms with E-state index >= 15 is 0 Å². The molecule has 0 saturated heterocycles. The van der Waals surface area contributed by atoms with Crippen molar-refractivity contribution in [2.45, 2.75) is 25.7 Å². The number of carbonyl (C=O) groups is 2. The summed E-state index contributed by atoms with van der Waals surface area (Å²) >= 11 is 0. The summed E-state index contributed by atoms with van der Waals surface area (Å²) in [7, 11) is 3.16. The highest BCUT2D eigenvalue weighted by atomic mass is 16.5. The van der Waals surface area contributed by atoms with Gasteiger partial charge in [-0.25, -0.2) is 0 Å². The Hall–Kier alpha value is -1.65. The van der Waals surface area contributed by atoms with Gasteiger partial charge in [-0.1, -0.05) is 0 Å². The van der Waals surface area contributed by atoms with Crippen LogP contribution in [0.15, 0.2) is 12.4 Å². The molecule has 0 fully saturated rings. The largest absolute Gasteiger partial charge is 0.469 e. The van der Waals surface area contributed by atoms with Crippen molar-refractivity contribution < 1.29 is 14.3 Å². The number of nitrogens with zero attached hydrogens (tertiary/aromatic N) is 2. The molecule has 0 unspecified atom stereocenters. The van der Waals surface area contributed by atoms with Gasteiger partial charge >= 0.3 is 5.97 Å². The van der Waals surface area contributed by atoms with E-state index in [0.717, 1.165) is 5.56 Å². The fourth-order valence-electron chi connectivity index (χ4n) is 1.35. The van der Waals surface area contributed by atoms with Crippen LogP contribution in [-0.4, -0.2) is 28.6 Å². The van der Waals surface area contributed by atoms with Crippen LogP contribution in [0.5, 0.6) is 0 Å². The van der Waals surface area contributed by atoms with Crippen LogP contribution in [0.4, 0.5) is 0 Å². The monoisotopic (exact) mass is 224 g/mol. The van der Waals surface area contributed by atoms with Gasteiger partial charge in [-0.05, 0) is 12.0 Å². The minimum Gasteiger partial charge on any atom is -0.469 e. The third-order valence-electron chi connectivity index (χ3n) is 2.29. The number of hydrogen-bond donors (Lipinski definition) is 0. The maximum atomic E-state index is 11.4. The number of Topliss-reactive ketones (excluding diaryl/α,β-unsaturated/α-hetero) is 1. The SMILES string of the molecule is COC(=O)CCC(=O)CCc1cnn(C)c1. The average molecular weight is 224 g/mol. The fourth-order valence-corrected chi connectivity index (χ4v) is 1.35. The number of rotatable bonds is 6. The van der Waals surface area contributed by atoms with Crippen molar-refractivity contribution >= 4 is 11.8 Å². The summed E-state index contributed by atoms with van der Waals surface area (Å²) in [5.41, 5.74) is 1.04. The molecule has 16 heavy (non-hydrogen) atoms. The van der Waals surface area contributed by atoms with Crippen LogP contribution in [0, 0.1) is 0 Å². The molecule has 0 aromatic carbocycles. The second-order valence-corrected chi connectivity index (χ2v) is 3.64. The predicted octanol–water partition coefficient (Wildman–Crippen LogP) is 0.875. The molecule has 0 atom stereocenters. The van der Waals surface area contributed by atoms with Crippen molar-refractivity contribution in [1.82, 2.24) is 9.78 Å². The zero-order chi connectivity index (χ0) is 12.0. The molecule has 5 nitrogen and oxygen atoms in total. The van der Waals surface area contributed by atoms with Gasteiger partial charge in [0.25, 0.3) is 0 Å². The van der Waals surface area contributed by atoms with E-state index < -0.39 is 0 Å². The van der Waals surface area contributed by atoms with Gasteiger partial charge in [0.1, 0.15) is 5.78 Å². The van der Waals surface area contributed by atoms with E-state index in [9.17, 15) is 9.59 Å². The van der Waals surface area contributed by atoms with Gasteiger partial charge < -0.3 is 4.74 Å². The summed E-state index contributed by atoms with van der Waals surface area (Å²) in [5.74, 6) is -0.260. The molecule has 1 rings (SSSR count). The first-order valence-electron chi connectivity index (χ1n) is 5.18. The van der Waals surface area contributed by atoms with Gasteiger partial charge in [0.05, 0.1) is 19.7 Å². The molecule has 0 radical (unpaired) electrons. The summed E-state index contributed by atoms with van der Waals surface area (Å²) in [6.07, 6.45) is 5.17. The Morgan fingerprint density at radius 3 is 2.69 bits per heavy atom. The first-order chi connectivity index (χ1) is 7.61. The molecule has 1 heterocycles. The molecule has 0 aliphatic heterocycles. The third-order valence-corrected chi connectivity index (χ3v) is 2.29. The van der Waals surface area contributed by atoms with Crippen molar-refractivity contribution in [1.29, 1.82) is 0 Å². The zero-order valence-corrected chi connectivity index (χ0v) is 9.60. The van der Waals surface area contributed by atoms with E-state index in [1.165, 1.54) is 7.11 Å². The summed E-state index contributed by atoms with van der Waals surface area (Å²) < 4.78 is 6.16. The Labute approximate surface area is 94.4 Å². The van der Waals surface area contributed by atoms with E-state index in [1.807, 2.05) is 13.2 Å². The summed E-state index contributed by atoms with van der Waals surface area (Å²) in [5, 5.41) is 4.01. The topological polar surface area (TPSA) is 61.2 Å². The third kappa shape index (κ3) is 4.25. The molecular weight excluding hydrogens is 208 g/mol. The van der Waals surface area contributed by atoms with Crippen molar-refractivity contribution in [3.05, 3.63) is 18.0 Å². The Balaban J connectivity index is 2.22. The van der Waals surface area contributed by atoms with Crippen molar-refractivity contribution in [3.63, 3.8) is 0 Å². The maximum absolute atomic E-state index is 11.4. The maximum Gasteiger partial charge on any atom is 0.305 e. The Kier molecular flexibility index (Phi) is 4.69. The Morgan fingerprint density at radius 1 is 1.38 bits per heavy atom. The van der Waals surface area contributed by atoms with Gasteiger partial charge in [-0.15, -0.1) is 0 Å². The number of aryl methyl sites for hydroxylation is 2. The summed E-state index contributed by atoms with van der Waals surface area (Å²) in [4.78, 5) is 22.2. The normalized spacial score (nSPS) is 10.1. The molecule has 0 amide bonds. The van der Waals surface area contributed by atoms with E-state index in [-0.39, 0.29) is 24.6 Å².